The summed E-state index contributed by atoms with van der Waals surface area (Å²) in [6.45, 7) is 6.36. The van der Waals surface area contributed by atoms with Crippen molar-refractivity contribution in [1.82, 2.24) is 4.90 Å². The van der Waals surface area contributed by atoms with Gasteiger partial charge in [0.25, 0.3) is 0 Å². The van der Waals surface area contributed by atoms with Gasteiger partial charge in [0, 0.05) is 23.7 Å². The minimum Gasteiger partial charge on any atom is -0.393 e. The second kappa shape index (κ2) is 5.93. The van der Waals surface area contributed by atoms with Gasteiger partial charge in [-0.25, -0.2) is 4.39 Å². The first-order valence-electron chi connectivity index (χ1n) is 7.16. The number of likely N-dealkylation sites (tertiary alicyclic amines) is 1. The number of rotatable bonds is 2. The second-order valence-corrected chi connectivity index (χ2v) is 6.77. The van der Waals surface area contributed by atoms with Crippen LogP contribution >= 0.6 is 11.6 Å². The molecule has 116 valence electrons. The Hall–Kier alpha value is -1.13. The SMILES string of the molecule is C[C@@H]1CN(C(=O)C(C)(C)c2ccc(Cl)cc2F)CC[C@@H]1O. The van der Waals surface area contributed by atoms with Crippen LogP contribution in [0.15, 0.2) is 18.2 Å². The lowest BCUT2D eigenvalue weighted by molar-refractivity contribution is -0.140. The number of halogens is 2. The van der Waals surface area contributed by atoms with E-state index in [1.54, 1.807) is 30.9 Å². The van der Waals surface area contributed by atoms with Gasteiger partial charge in [-0.3, -0.25) is 4.79 Å². The predicted octanol–water partition coefficient (Wildman–Crippen LogP) is 2.99. The Labute approximate surface area is 129 Å². The fraction of sp³-hybridized carbons (Fsp3) is 0.562. The van der Waals surface area contributed by atoms with Crippen LogP contribution in [0.5, 0.6) is 0 Å². The molecule has 1 fully saturated rings. The van der Waals surface area contributed by atoms with Gasteiger partial charge in [0.2, 0.25) is 5.91 Å². The Morgan fingerprint density at radius 3 is 2.71 bits per heavy atom. The first kappa shape index (κ1) is 16.2. The molecule has 0 unspecified atom stereocenters. The molecule has 1 saturated heterocycles. The van der Waals surface area contributed by atoms with E-state index in [1.807, 2.05) is 6.92 Å². The van der Waals surface area contributed by atoms with E-state index < -0.39 is 11.2 Å². The molecule has 0 radical (unpaired) electrons. The molecule has 1 aromatic carbocycles. The van der Waals surface area contributed by atoms with Crippen molar-refractivity contribution in [3.63, 3.8) is 0 Å². The molecule has 21 heavy (non-hydrogen) atoms. The molecule has 0 aromatic heterocycles. The molecular formula is C16H21ClFNO2. The third-order valence-corrected chi connectivity index (χ3v) is 4.52. The second-order valence-electron chi connectivity index (χ2n) is 6.33. The summed E-state index contributed by atoms with van der Waals surface area (Å²) < 4.78 is 14.1. The fourth-order valence-corrected chi connectivity index (χ4v) is 2.98. The molecule has 0 aliphatic carbocycles. The van der Waals surface area contributed by atoms with Crippen molar-refractivity contribution in [3.05, 3.63) is 34.6 Å². The number of aliphatic hydroxyl groups excluding tert-OH is 1. The number of benzene rings is 1. The van der Waals surface area contributed by atoms with E-state index in [1.165, 1.54) is 6.07 Å². The zero-order valence-electron chi connectivity index (χ0n) is 12.6. The highest BCUT2D eigenvalue weighted by Crippen LogP contribution is 2.31. The van der Waals surface area contributed by atoms with Crippen molar-refractivity contribution < 1.29 is 14.3 Å². The molecule has 5 heteroatoms. The summed E-state index contributed by atoms with van der Waals surface area (Å²) in [5, 5.41) is 10.1. The summed E-state index contributed by atoms with van der Waals surface area (Å²) in [4.78, 5) is 14.5. The van der Waals surface area contributed by atoms with Crippen LogP contribution < -0.4 is 0 Å². The molecule has 1 heterocycles. The Kier molecular flexibility index (Phi) is 4.59. The van der Waals surface area contributed by atoms with Crippen LogP contribution in [0.1, 0.15) is 32.8 Å². The first-order valence-corrected chi connectivity index (χ1v) is 7.54. The number of hydrogen-bond donors (Lipinski definition) is 1. The number of amides is 1. The van der Waals surface area contributed by atoms with Crippen molar-refractivity contribution in [1.29, 1.82) is 0 Å². The predicted molar refractivity (Wildman–Crippen MR) is 80.8 cm³/mol. The summed E-state index contributed by atoms with van der Waals surface area (Å²) in [6, 6.07) is 4.39. The standard InChI is InChI=1S/C16H21ClFNO2/c1-10-9-19(7-6-14(10)20)15(21)16(2,3)12-5-4-11(17)8-13(12)18/h4-5,8,10,14,20H,6-7,9H2,1-3H3/t10-,14+/m1/s1. The third kappa shape index (κ3) is 3.22. The molecule has 0 bridgehead atoms. The van der Waals surface area contributed by atoms with E-state index in [9.17, 15) is 14.3 Å². The number of piperidine rings is 1. The number of nitrogens with zero attached hydrogens (tertiary/aromatic N) is 1. The van der Waals surface area contributed by atoms with Gasteiger partial charge in [-0.15, -0.1) is 0 Å². The summed E-state index contributed by atoms with van der Waals surface area (Å²) in [5.41, 5.74) is -0.618. The van der Waals surface area contributed by atoms with Crippen LogP contribution in [0, 0.1) is 11.7 Å². The topological polar surface area (TPSA) is 40.5 Å². The molecule has 1 aromatic rings. The van der Waals surface area contributed by atoms with Gasteiger partial charge < -0.3 is 10.0 Å². The minimum atomic E-state index is -0.962. The van der Waals surface area contributed by atoms with E-state index in [2.05, 4.69) is 0 Å². The highest BCUT2D eigenvalue weighted by molar-refractivity contribution is 6.30. The third-order valence-electron chi connectivity index (χ3n) is 4.29. The Morgan fingerprint density at radius 1 is 1.48 bits per heavy atom. The summed E-state index contributed by atoms with van der Waals surface area (Å²) >= 11 is 5.77. The van der Waals surface area contributed by atoms with E-state index in [-0.39, 0.29) is 17.9 Å². The maximum Gasteiger partial charge on any atom is 0.232 e. The smallest absolute Gasteiger partial charge is 0.232 e. The Bertz CT molecular complexity index is 547. The average Bonchev–Trinajstić information content (AvgIpc) is 2.40. The van der Waals surface area contributed by atoms with E-state index in [0.29, 0.717) is 30.1 Å². The minimum absolute atomic E-state index is 0.0357. The van der Waals surface area contributed by atoms with E-state index in [0.717, 1.165) is 0 Å². The molecule has 1 aliphatic rings. The first-order chi connectivity index (χ1) is 9.73. The van der Waals surface area contributed by atoms with Gasteiger partial charge in [0.1, 0.15) is 5.82 Å². The van der Waals surface area contributed by atoms with Crippen LogP contribution in [-0.4, -0.2) is 35.1 Å². The zero-order valence-corrected chi connectivity index (χ0v) is 13.3. The van der Waals surface area contributed by atoms with Crippen molar-refractivity contribution in [3.8, 4) is 0 Å². The van der Waals surface area contributed by atoms with Crippen LogP contribution in [0.3, 0.4) is 0 Å². The highest BCUT2D eigenvalue weighted by Gasteiger charge is 2.38. The van der Waals surface area contributed by atoms with Crippen molar-refractivity contribution in [2.45, 2.75) is 38.7 Å². The molecule has 0 spiro atoms. The quantitative estimate of drug-likeness (QED) is 0.912. The highest BCUT2D eigenvalue weighted by atomic mass is 35.5. The van der Waals surface area contributed by atoms with Crippen LogP contribution in [0.4, 0.5) is 4.39 Å². The molecule has 3 nitrogen and oxygen atoms in total. The summed E-state index contributed by atoms with van der Waals surface area (Å²) in [6.07, 6.45) is 0.191. The van der Waals surface area contributed by atoms with Gasteiger partial charge in [-0.2, -0.15) is 0 Å². The monoisotopic (exact) mass is 313 g/mol. The summed E-state index contributed by atoms with van der Waals surface area (Å²) in [7, 11) is 0. The molecule has 2 atom stereocenters. The molecule has 0 saturated carbocycles. The van der Waals surface area contributed by atoms with Crippen molar-refractivity contribution >= 4 is 17.5 Å². The fourth-order valence-electron chi connectivity index (χ4n) is 2.82. The Morgan fingerprint density at radius 2 is 2.14 bits per heavy atom. The van der Waals surface area contributed by atoms with Crippen molar-refractivity contribution in [2.24, 2.45) is 5.92 Å². The van der Waals surface area contributed by atoms with Gasteiger partial charge in [-0.05, 0) is 38.3 Å². The normalized spacial score (nSPS) is 23.2. The van der Waals surface area contributed by atoms with Crippen LogP contribution in [-0.2, 0) is 10.2 Å². The molecular weight excluding hydrogens is 293 g/mol. The van der Waals surface area contributed by atoms with Crippen LogP contribution in [0.2, 0.25) is 5.02 Å². The van der Waals surface area contributed by atoms with Crippen LogP contribution in [0.25, 0.3) is 0 Å². The van der Waals surface area contributed by atoms with E-state index in [4.69, 9.17) is 11.6 Å². The number of carbonyl (C=O) groups excluding carboxylic acids is 1. The zero-order chi connectivity index (χ0) is 15.8. The van der Waals surface area contributed by atoms with Gasteiger partial charge in [0.05, 0.1) is 11.5 Å². The largest absolute Gasteiger partial charge is 0.393 e. The molecule has 1 N–H and O–H groups in total. The number of aliphatic hydroxyl groups is 1. The number of hydrogen-bond acceptors (Lipinski definition) is 2. The molecule has 1 aliphatic heterocycles. The van der Waals surface area contributed by atoms with Crippen molar-refractivity contribution in [2.75, 3.05) is 13.1 Å². The lowest BCUT2D eigenvalue weighted by atomic mass is 9.81. The Balaban J connectivity index is 2.24. The summed E-state index contributed by atoms with van der Waals surface area (Å²) in [5.74, 6) is -0.554. The lowest BCUT2D eigenvalue weighted by Gasteiger charge is -2.39. The lowest BCUT2D eigenvalue weighted by Crippen LogP contribution is -2.50. The number of carbonyl (C=O) groups is 1. The molecule has 2 rings (SSSR count). The average molecular weight is 314 g/mol. The van der Waals surface area contributed by atoms with Gasteiger partial charge in [-0.1, -0.05) is 24.6 Å². The maximum atomic E-state index is 14.1. The maximum absolute atomic E-state index is 14.1. The molecule has 1 amide bonds. The van der Waals surface area contributed by atoms with Gasteiger partial charge in [0.15, 0.2) is 0 Å². The van der Waals surface area contributed by atoms with E-state index >= 15 is 0 Å². The van der Waals surface area contributed by atoms with Gasteiger partial charge >= 0.3 is 0 Å².